The minimum atomic E-state index is -3.28. The van der Waals surface area contributed by atoms with Crippen LogP contribution in [0.15, 0.2) is 76.2 Å². The zero-order valence-corrected chi connectivity index (χ0v) is 26.8. The molecule has 0 unspecified atom stereocenters. The fraction of sp³-hybridized carbons (Fsp3) is 0.486. The van der Waals surface area contributed by atoms with Gasteiger partial charge in [-0.1, -0.05) is 36.5 Å². The van der Waals surface area contributed by atoms with E-state index in [1.165, 1.54) is 34.2 Å². The molecule has 2 fully saturated rings. The van der Waals surface area contributed by atoms with Gasteiger partial charge in [-0.05, 0) is 123 Å². The van der Waals surface area contributed by atoms with Crippen molar-refractivity contribution >= 4 is 21.3 Å². The van der Waals surface area contributed by atoms with E-state index in [4.69, 9.17) is 0 Å². The Labute approximate surface area is 257 Å². The molecule has 5 atom stereocenters. The van der Waals surface area contributed by atoms with Crippen molar-refractivity contribution in [2.75, 3.05) is 18.2 Å². The molecule has 2 saturated carbocycles. The SMILES string of the molecule is CC(C)N(C)c1ccc([C@H]2C[C@@]3(C)[C@@H](CC[C@@]3(O)C#Cc3ccc(S(C)(=O)=O)cc3)[C@@H]3CCC4=CC(=O)CCC4=C32)cc1. The number of carbonyl (C=O) groups excluding carboxylic acids is 1. The van der Waals surface area contributed by atoms with Gasteiger partial charge in [0.2, 0.25) is 0 Å². The van der Waals surface area contributed by atoms with Gasteiger partial charge in [0, 0.05) is 48.3 Å². The lowest BCUT2D eigenvalue weighted by atomic mass is 9.51. The van der Waals surface area contributed by atoms with Gasteiger partial charge < -0.3 is 10.0 Å². The standard InChI is InChI=1S/C37H43NO4S/c1-24(2)38(4)28-11-8-26(9-12-28)33-23-36(3)34(32-16-10-27-22-29(39)13-17-31(27)35(32)33)19-21-37(36,40)20-18-25-6-14-30(15-7-25)43(5,41)42/h6-9,11-12,14-15,22,24,32-34,40H,10,13,16-17,19,21,23H2,1-5H3/t32-,33+,34-,36-,37-/m0/s1. The second-order valence-electron chi connectivity index (χ2n) is 13.7. The second kappa shape index (κ2) is 10.8. The highest BCUT2D eigenvalue weighted by atomic mass is 32.2. The van der Waals surface area contributed by atoms with Crippen molar-refractivity contribution < 1.29 is 18.3 Å². The number of nitrogens with zero attached hydrogens (tertiary/aromatic N) is 1. The lowest BCUT2D eigenvalue weighted by Crippen LogP contribution is -2.51. The number of hydrogen-bond donors (Lipinski definition) is 1. The Morgan fingerprint density at radius 3 is 2.35 bits per heavy atom. The molecule has 0 heterocycles. The minimum Gasteiger partial charge on any atom is -0.377 e. The number of ketones is 1. The molecule has 1 N–H and O–H groups in total. The van der Waals surface area contributed by atoms with Gasteiger partial charge in [-0.2, -0.15) is 0 Å². The first-order valence-corrected chi connectivity index (χ1v) is 17.5. The quantitative estimate of drug-likeness (QED) is 0.401. The maximum absolute atomic E-state index is 12.4. The van der Waals surface area contributed by atoms with Crippen LogP contribution in [0.1, 0.15) is 82.8 Å². The van der Waals surface area contributed by atoms with Gasteiger partial charge in [-0.25, -0.2) is 8.42 Å². The summed E-state index contributed by atoms with van der Waals surface area (Å²) < 4.78 is 23.8. The molecule has 0 saturated heterocycles. The number of rotatable bonds is 4. The van der Waals surface area contributed by atoms with Gasteiger partial charge in [-0.15, -0.1) is 0 Å². The first-order chi connectivity index (χ1) is 20.3. The molecule has 4 aliphatic rings. The van der Waals surface area contributed by atoms with E-state index in [2.05, 4.69) is 68.8 Å². The highest BCUT2D eigenvalue weighted by Gasteiger charge is 2.62. The van der Waals surface area contributed by atoms with Crippen molar-refractivity contribution in [2.45, 2.75) is 88.2 Å². The Balaban J connectivity index is 1.41. The van der Waals surface area contributed by atoms with Crippen LogP contribution in [0, 0.1) is 29.1 Å². The molecule has 43 heavy (non-hydrogen) atoms. The van der Waals surface area contributed by atoms with Crippen LogP contribution in [0.2, 0.25) is 0 Å². The van der Waals surface area contributed by atoms with Gasteiger partial charge in [0.15, 0.2) is 15.6 Å². The van der Waals surface area contributed by atoms with Crippen LogP contribution in [-0.2, 0) is 14.6 Å². The molecule has 5 nitrogen and oxygen atoms in total. The monoisotopic (exact) mass is 597 g/mol. The zero-order chi connectivity index (χ0) is 30.7. The normalized spacial score (nSPS) is 30.2. The molecule has 2 aromatic rings. The van der Waals surface area contributed by atoms with Crippen LogP contribution in [-0.4, -0.2) is 44.3 Å². The van der Waals surface area contributed by atoms with Gasteiger partial charge in [0.05, 0.1) is 4.90 Å². The summed E-state index contributed by atoms with van der Waals surface area (Å²) in [5.41, 5.74) is 5.73. The molecule has 6 heteroatoms. The predicted molar refractivity (Wildman–Crippen MR) is 172 cm³/mol. The second-order valence-corrected chi connectivity index (χ2v) is 15.8. The highest BCUT2D eigenvalue weighted by molar-refractivity contribution is 7.90. The van der Waals surface area contributed by atoms with Crippen LogP contribution < -0.4 is 4.90 Å². The zero-order valence-electron chi connectivity index (χ0n) is 26.0. The number of aliphatic hydroxyl groups is 1. The molecule has 0 spiro atoms. The molecule has 226 valence electrons. The number of anilines is 1. The maximum Gasteiger partial charge on any atom is 0.175 e. The van der Waals surface area contributed by atoms with E-state index in [9.17, 15) is 18.3 Å². The topological polar surface area (TPSA) is 74.7 Å². The van der Waals surface area contributed by atoms with Crippen LogP contribution in [0.25, 0.3) is 0 Å². The number of sulfone groups is 1. The summed E-state index contributed by atoms with van der Waals surface area (Å²) in [6.07, 6.45) is 8.75. The van der Waals surface area contributed by atoms with E-state index in [1.807, 2.05) is 6.08 Å². The van der Waals surface area contributed by atoms with Gasteiger partial charge in [0.1, 0.15) is 5.60 Å². The molecule has 0 radical (unpaired) electrons. The molecular weight excluding hydrogens is 554 g/mol. The molecular formula is C37H43NO4S. The van der Waals surface area contributed by atoms with Crippen LogP contribution in [0.4, 0.5) is 5.69 Å². The summed E-state index contributed by atoms with van der Waals surface area (Å²) in [6, 6.07) is 16.0. The van der Waals surface area contributed by atoms with Crippen molar-refractivity contribution in [3.63, 3.8) is 0 Å². The summed E-state index contributed by atoms with van der Waals surface area (Å²) >= 11 is 0. The smallest absolute Gasteiger partial charge is 0.175 e. The molecule has 0 aromatic heterocycles. The third-order valence-electron chi connectivity index (χ3n) is 11.1. The Kier molecular flexibility index (Phi) is 7.50. The third-order valence-corrected chi connectivity index (χ3v) is 12.2. The summed E-state index contributed by atoms with van der Waals surface area (Å²) in [6.45, 7) is 6.63. The summed E-state index contributed by atoms with van der Waals surface area (Å²) in [5.74, 6) is 7.58. The molecule has 0 amide bonds. The van der Waals surface area contributed by atoms with Crippen molar-refractivity contribution in [3.05, 3.63) is 82.5 Å². The summed E-state index contributed by atoms with van der Waals surface area (Å²) in [4.78, 5) is 14.9. The largest absolute Gasteiger partial charge is 0.377 e. The van der Waals surface area contributed by atoms with Gasteiger partial charge in [0.25, 0.3) is 0 Å². The van der Waals surface area contributed by atoms with E-state index in [-0.39, 0.29) is 16.6 Å². The van der Waals surface area contributed by atoms with Gasteiger partial charge >= 0.3 is 0 Å². The Bertz CT molecular complexity index is 1670. The fourth-order valence-corrected chi connectivity index (χ4v) is 9.00. The highest BCUT2D eigenvalue weighted by Crippen LogP contribution is 2.66. The molecule has 0 bridgehead atoms. The number of fused-ring (bicyclic) bond motifs is 4. The van der Waals surface area contributed by atoms with Crippen molar-refractivity contribution in [1.29, 1.82) is 0 Å². The third kappa shape index (κ3) is 5.19. The van der Waals surface area contributed by atoms with Crippen LogP contribution in [0.5, 0.6) is 0 Å². The number of benzene rings is 2. The molecule has 6 rings (SSSR count). The van der Waals surface area contributed by atoms with Crippen molar-refractivity contribution in [3.8, 4) is 11.8 Å². The van der Waals surface area contributed by atoms with Gasteiger partial charge in [-0.3, -0.25) is 4.79 Å². The van der Waals surface area contributed by atoms with Crippen LogP contribution >= 0.6 is 0 Å². The first kappa shape index (κ1) is 29.9. The summed E-state index contributed by atoms with van der Waals surface area (Å²) in [7, 11) is -1.16. The van der Waals surface area contributed by atoms with E-state index in [1.54, 1.807) is 24.3 Å². The van der Waals surface area contributed by atoms with Crippen molar-refractivity contribution in [1.82, 2.24) is 0 Å². The van der Waals surface area contributed by atoms with Crippen LogP contribution in [0.3, 0.4) is 0 Å². The average Bonchev–Trinajstić information content (AvgIpc) is 3.25. The lowest BCUT2D eigenvalue weighted by Gasteiger charge is -2.53. The van der Waals surface area contributed by atoms with Crippen molar-refractivity contribution in [2.24, 2.45) is 17.3 Å². The Hall–Kier alpha value is -3.14. The summed E-state index contributed by atoms with van der Waals surface area (Å²) in [5, 5.41) is 12.3. The van der Waals surface area contributed by atoms with E-state index in [0.717, 1.165) is 32.1 Å². The van der Waals surface area contributed by atoms with E-state index < -0.39 is 20.9 Å². The Morgan fingerprint density at radius 1 is 1.00 bits per heavy atom. The Morgan fingerprint density at radius 2 is 1.70 bits per heavy atom. The fourth-order valence-electron chi connectivity index (χ4n) is 8.37. The molecule has 2 aromatic carbocycles. The molecule has 4 aliphatic carbocycles. The molecule has 0 aliphatic heterocycles. The van der Waals surface area contributed by atoms with E-state index in [0.29, 0.717) is 36.3 Å². The number of allylic oxidation sites excluding steroid dienone is 4. The predicted octanol–water partition coefficient (Wildman–Crippen LogP) is 6.62. The van der Waals surface area contributed by atoms with E-state index >= 15 is 0 Å². The lowest BCUT2D eigenvalue weighted by molar-refractivity contribution is -0.114. The first-order valence-electron chi connectivity index (χ1n) is 15.7. The maximum atomic E-state index is 12.4. The number of carbonyl (C=O) groups is 1. The minimum absolute atomic E-state index is 0.150. The average molecular weight is 598 g/mol. The number of hydrogen-bond acceptors (Lipinski definition) is 5.